The van der Waals surface area contributed by atoms with Crippen LogP contribution >= 0.6 is 0 Å². The fourth-order valence-corrected chi connectivity index (χ4v) is 2.72. The van der Waals surface area contributed by atoms with E-state index >= 15 is 0 Å². The van der Waals surface area contributed by atoms with E-state index < -0.39 is 0 Å². The van der Waals surface area contributed by atoms with E-state index in [0.29, 0.717) is 6.10 Å². The van der Waals surface area contributed by atoms with Crippen molar-refractivity contribution in [3.05, 3.63) is 0 Å². The summed E-state index contributed by atoms with van der Waals surface area (Å²) < 4.78 is 6.03. The highest BCUT2D eigenvalue weighted by atomic mass is 16.5. The van der Waals surface area contributed by atoms with Crippen LogP contribution in [0.3, 0.4) is 0 Å². The molecule has 0 amide bonds. The average molecular weight is 240 g/mol. The van der Waals surface area contributed by atoms with Gasteiger partial charge in [-0.25, -0.2) is 0 Å². The summed E-state index contributed by atoms with van der Waals surface area (Å²) in [4.78, 5) is 0. The summed E-state index contributed by atoms with van der Waals surface area (Å²) in [6.07, 6.45) is 18.5. The Balaban J connectivity index is 1.90. The molecule has 1 aliphatic rings. The molecule has 1 rings (SSSR count). The van der Waals surface area contributed by atoms with E-state index in [4.69, 9.17) is 4.74 Å². The quantitative estimate of drug-likeness (QED) is 0.511. The molecular formula is C16H32O. The van der Waals surface area contributed by atoms with Crippen molar-refractivity contribution < 1.29 is 4.74 Å². The highest BCUT2D eigenvalue weighted by Gasteiger charge is 2.10. The molecule has 0 spiro atoms. The summed E-state index contributed by atoms with van der Waals surface area (Å²) in [7, 11) is 0. The lowest BCUT2D eigenvalue weighted by molar-refractivity contribution is 0.0332. The Kier molecular flexibility index (Phi) is 9.78. The first-order valence-electron chi connectivity index (χ1n) is 8.05. The molecule has 0 radical (unpaired) electrons. The predicted octanol–water partition coefficient (Wildman–Crippen LogP) is 5.48. The van der Waals surface area contributed by atoms with Gasteiger partial charge in [0.2, 0.25) is 0 Å². The van der Waals surface area contributed by atoms with Crippen molar-refractivity contribution in [1.29, 1.82) is 0 Å². The molecule has 0 atom stereocenters. The molecule has 0 aromatic carbocycles. The Morgan fingerprint density at radius 1 is 0.765 bits per heavy atom. The minimum Gasteiger partial charge on any atom is -0.378 e. The van der Waals surface area contributed by atoms with Crippen LogP contribution in [0, 0.1) is 0 Å². The van der Waals surface area contributed by atoms with E-state index in [0.717, 1.165) is 6.61 Å². The van der Waals surface area contributed by atoms with Gasteiger partial charge in [0.1, 0.15) is 0 Å². The maximum Gasteiger partial charge on any atom is 0.0575 e. The first-order valence-corrected chi connectivity index (χ1v) is 8.05. The van der Waals surface area contributed by atoms with Crippen LogP contribution < -0.4 is 0 Å². The predicted molar refractivity (Wildman–Crippen MR) is 75.4 cm³/mol. The molecule has 1 heteroatoms. The molecule has 1 nitrogen and oxygen atoms in total. The molecule has 0 N–H and O–H groups in total. The molecule has 0 aliphatic heterocycles. The van der Waals surface area contributed by atoms with Gasteiger partial charge in [-0.1, -0.05) is 71.1 Å². The third-order valence-corrected chi connectivity index (χ3v) is 3.90. The van der Waals surface area contributed by atoms with Gasteiger partial charge in [-0.05, 0) is 19.3 Å². The summed E-state index contributed by atoms with van der Waals surface area (Å²) in [6, 6.07) is 0. The molecule has 102 valence electrons. The monoisotopic (exact) mass is 240 g/mol. The zero-order chi connectivity index (χ0) is 12.2. The summed E-state index contributed by atoms with van der Waals surface area (Å²) in [5.74, 6) is 0. The second-order valence-corrected chi connectivity index (χ2v) is 5.61. The fourth-order valence-electron chi connectivity index (χ4n) is 2.72. The van der Waals surface area contributed by atoms with Crippen molar-refractivity contribution in [3.63, 3.8) is 0 Å². The molecule has 0 aromatic heterocycles. The number of hydrogen-bond donors (Lipinski definition) is 0. The SMILES string of the molecule is CCCCCCCCOC1CCCCCCC1. The third-order valence-electron chi connectivity index (χ3n) is 3.90. The zero-order valence-electron chi connectivity index (χ0n) is 11.9. The standard InChI is InChI=1S/C16H32O/c1-2-3-4-5-9-12-15-17-16-13-10-7-6-8-11-14-16/h16H,2-15H2,1H3. The van der Waals surface area contributed by atoms with Crippen LogP contribution in [0.5, 0.6) is 0 Å². The molecular weight excluding hydrogens is 208 g/mol. The molecule has 0 aromatic rings. The highest BCUT2D eigenvalue weighted by molar-refractivity contribution is 4.63. The highest BCUT2D eigenvalue weighted by Crippen LogP contribution is 2.19. The van der Waals surface area contributed by atoms with Crippen LogP contribution in [0.1, 0.15) is 90.4 Å². The van der Waals surface area contributed by atoms with Crippen LogP contribution in [0.2, 0.25) is 0 Å². The second-order valence-electron chi connectivity index (χ2n) is 5.61. The Morgan fingerprint density at radius 2 is 1.35 bits per heavy atom. The van der Waals surface area contributed by atoms with Crippen molar-refractivity contribution in [2.75, 3.05) is 6.61 Å². The summed E-state index contributed by atoms with van der Waals surface area (Å²) in [5.41, 5.74) is 0. The van der Waals surface area contributed by atoms with Gasteiger partial charge < -0.3 is 4.74 Å². The normalized spacial score (nSPS) is 18.9. The molecule has 0 bridgehead atoms. The van der Waals surface area contributed by atoms with Gasteiger partial charge in [-0.2, -0.15) is 0 Å². The van der Waals surface area contributed by atoms with Gasteiger partial charge >= 0.3 is 0 Å². The minimum atomic E-state index is 0.589. The van der Waals surface area contributed by atoms with Gasteiger partial charge in [-0.3, -0.25) is 0 Å². The first-order chi connectivity index (χ1) is 8.43. The van der Waals surface area contributed by atoms with Crippen LogP contribution in [-0.2, 0) is 4.74 Å². The van der Waals surface area contributed by atoms with E-state index in [1.54, 1.807) is 0 Å². The molecule has 1 fully saturated rings. The largest absolute Gasteiger partial charge is 0.378 e. The zero-order valence-corrected chi connectivity index (χ0v) is 11.9. The topological polar surface area (TPSA) is 9.23 Å². The molecule has 0 heterocycles. The van der Waals surface area contributed by atoms with Gasteiger partial charge in [0.25, 0.3) is 0 Å². The number of unbranched alkanes of at least 4 members (excludes halogenated alkanes) is 5. The fraction of sp³-hybridized carbons (Fsp3) is 1.00. The van der Waals surface area contributed by atoms with Gasteiger partial charge in [0.05, 0.1) is 6.10 Å². The minimum absolute atomic E-state index is 0.589. The lowest BCUT2D eigenvalue weighted by Crippen LogP contribution is -2.15. The first kappa shape index (κ1) is 15.0. The molecule has 0 saturated heterocycles. The number of rotatable bonds is 8. The molecule has 0 unspecified atom stereocenters. The molecule has 17 heavy (non-hydrogen) atoms. The summed E-state index contributed by atoms with van der Waals surface area (Å²) >= 11 is 0. The lowest BCUT2D eigenvalue weighted by Gasteiger charge is -2.20. The van der Waals surface area contributed by atoms with Crippen molar-refractivity contribution in [2.45, 2.75) is 96.5 Å². The second kappa shape index (κ2) is 11.1. The summed E-state index contributed by atoms with van der Waals surface area (Å²) in [6.45, 7) is 3.29. The van der Waals surface area contributed by atoms with Crippen molar-refractivity contribution in [3.8, 4) is 0 Å². The van der Waals surface area contributed by atoms with E-state index in [9.17, 15) is 0 Å². The molecule has 1 aliphatic carbocycles. The number of hydrogen-bond acceptors (Lipinski definition) is 1. The lowest BCUT2D eigenvalue weighted by atomic mass is 9.98. The van der Waals surface area contributed by atoms with Gasteiger partial charge in [0.15, 0.2) is 0 Å². The Morgan fingerprint density at radius 3 is 2.06 bits per heavy atom. The smallest absolute Gasteiger partial charge is 0.0575 e. The average Bonchev–Trinajstić information content (AvgIpc) is 2.30. The number of ether oxygens (including phenoxy) is 1. The molecule has 1 saturated carbocycles. The van der Waals surface area contributed by atoms with Gasteiger partial charge in [-0.15, -0.1) is 0 Å². The van der Waals surface area contributed by atoms with Crippen molar-refractivity contribution in [2.24, 2.45) is 0 Å². The maximum atomic E-state index is 6.03. The Labute approximate surface area is 108 Å². The maximum absolute atomic E-state index is 6.03. The van der Waals surface area contributed by atoms with E-state index in [-0.39, 0.29) is 0 Å². The summed E-state index contributed by atoms with van der Waals surface area (Å²) in [5, 5.41) is 0. The third kappa shape index (κ3) is 8.65. The Bertz CT molecular complexity index is 148. The Hall–Kier alpha value is -0.0400. The van der Waals surface area contributed by atoms with Crippen molar-refractivity contribution in [1.82, 2.24) is 0 Å². The van der Waals surface area contributed by atoms with Crippen LogP contribution in [0.4, 0.5) is 0 Å². The van der Waals surface area contributed by atoms with Gasteiger partial charge in [0, 0.05) is 6.61 Å². The van der Waals surface area contributed by atoms with E-state index in [1.165, 1.54) is 83.5 Å². The van der Waals surface area contributed by atoms with Crippen LogP contribution in [0.25, 0.3) is 0 Å². The van der Waals surface area contributed by atoms with Crippen LogP contribution in [0.15, 0.2) is 0 Å². The van der Waals surface area contributed by atoms with Crippen LogP contribution in [-0.4, -0.2) is 12.7 Å². The van der Waals surface area contributed by atoms with E-state index in [2.05, 4.69) is 6.92 Å². The van der Waals surface area contributed by atoms with E-state index in [1.807, 2.05) is 0 Å². The van der Waals surface area contributed by atoms with Crippen molar-refractivity contribution >= 4 is 0 Å².